The van der Waals surface area contributed by atoms with Gasteiger partial charge in [0.15, 0.2) is 0 Å². The van der Waals surface area contributed by atoms with Crippen molar-refractivity contribution in [1.29, 1.82) is 0 Å². The van der Waals surface area contributed by atoms with Crippen LogP contribution in [0, 0.1) is 13.8 Å². The number of rotatable bonds is 4. The van der Waals surface area contributed by atoms with Gasteiger partial charge in [0.1, 0.15) is 0 Å². The fourth-order valence-electron chi connectivity index (χ4n) is 2.36. The van der Waals surface area contributed by atoms with Gasteiger partial charge in [0.2, 0.25) is 0 Å². The molecule has 1 amide bonds. The van der Waals surface area contributed by atoms with Crippen LogP contribution in [0.15, 0.2) is 18.3 Å². The largest absolute Gasteiger partial charge is 0.345 e. The third kappa shape index (κ3) is 2.87. The molecular weight excluding hydrogens is 252 g/mol. The number of nitrogens with zero attached hydrogens (tertiary/aromatic N) is 2. The molecule has 0 aliphatic carbocycles. The normalized spacial score (nSPS) is 12.2. The molecule has 0 unspecified atom stereocenters. The van der Waals surface area contributed by atoms with E-state index in [1.165, 1.54) is 0 Å². The third-order valence-electron chi connectivity index (χ3n) is 3.41. The van der Waals surface area contributed by atoms with Crippen LogP contribution < -0.4 is 5.32 Å². The number of hydrogen-bond acceptors (Lipinski definition) is 3. The van der Waals surface area contributed by atoms with E-state index in [4.69, 9.17) is 0 Å². The van der Waals surface area contributed by atoms with Gasteiger partial charge < -0.3 is 5.32 Å². The standard InChI is InChI=1S/C15H20N4O/c1-5-13-8-12(6-7-16-13)15(20)17-9(2)14-10(3)18-19-11(14)4/h6-9H,5H2,1-4H3,(H,17,20)(H,18,19)/t9-/m1/s1. The number of aryl methyl sites for hydroxylation is 3. The van der Waals surface area contributed by atoms with Crippen LogP contribution in [-0.2, 0) is 6.42 Å². The van der Waals surface area contributed by atoms with E-state index in [2.05, 4.69) is 20.5 Å². The summed E-state index contributed by atoms with van der Waals surface area (Å²) in [5.74, 6) is -0.0883. The predicted molar refractivity (Wildman–Crippen MR) is 77.6 cm³/mol. The van der Waals surface area contributed by atoms with Crippen LogP contribution in [-0.4, -0.2) is 21.1 Å². The fourth-order valence-corrected chi connectivity index (χ4v) is 2.36. The molecule has 0 aliphatic heterocycles. The van der Waals surface area contributed by atoms with Crippen LogP contribution in [0.25, 0.3) is 0 Å². The number of nitrogens with one attached hydrogen (secondary N) is 2. The Hall–Kier alpha value is -2.17. The highest BCUT2D eigenvalue weighted by Gasteiger charge is 2.17. The number of H-pyrrole nitrogens is 1. The summed E-state index contributed by atoms with van der Waals surface area (Å²) in [6.07, 6.45) is 2.49. The van der Waals surface area contributed by atoms with Crippen molar-refractivity contribution in [3.8, 4) is 0 Å². The molecule has 0 saturated heterocycles. The second-order valence-corrected chi connectivity index (χ2v) is 4.93. The summed E-state index contributed by atoms with van der Waals surface area (Å²) in [4.78, 5) is 16.5. The number of carbonyl (C=O) groups is 1. The first kappa shape index (κ1) is 14.2. The minimum atomic E-state index is -0.0883. The monoisotopic (exact) mass is 272 g/mol. The quantitative estimate of drug-likeness (QED) is 0.898. The van der Waals surface area contributed by atoms with Gasteiger partial charge in [0, 0.05) is 28.7 Å². The van der Waals surface area contributed by atoms with Crippen molar-refractivity contribution < 1.29 is 4.79 Å². The molecule has 0 saturated carbocycles. The molecule has 0 spiro atoms. The first-order chi connectivity index (χ1) is 9.52. The number of hydrogen-bond donors (Lipinski definition) is 2. The average Bonchev–Trinajstić information content (AvgIpc) is 2.78. The Kier molecular flexibility index (Phi) is 4.17. The van der Waals surface area contributed by atoms with Crippen molar-refractivity contribution in [2.24, 2.45) is 0 Å². The van der Waals surface area contributed by atoms with Gasteiger partial charge in [-0.3, -0.25) is 14.9 Å². The highest BCUT2D eigenvalue weighted by molar-refractivity contribution is 5.94. The summed E-state index contributed by atoms with van der Waals surface area (Å²) < 4.78 is 0. The molecule has 2 heterocycles. The van der Waals surface area contributed by atoms with Gasteiger partial charge in [-0.05, 0) is 39.3 Å². The molecule has 20 heavy (non-hydrogen) atoms. The van der Waals surface area contributed by atoms with Gasteiger partial charge in [-0.2, -0.15) is 5.10 Å². The molecule has 5 heteroatoms. The van der Waals surface area contributed by atoms with Crippen LogP contribution in [0.1, 0.15) is 52.9 Å². The summed E-state index contributed by atoms with van der Waals surface area (Å²) in [5.41, 5.74) is 4.50. The minimum absolute atomic E-state index is 0.0838. The summed E-state index contributed by atoms with van der Waals surface area (Å²) in [7, 11) is 0. The number of amides is 1. The van der Waals surface area contributed by atoms with Crippen LogP contribution in [0.5, 0.6) is 0 Å². The summed E-state index contributed by atoms with van der Waals surface area (Å²) >= 11 is 0. The molecule has 2 aromatic rings. The Morgan fingerprint density at radius 3 is 2.80 bits per heavy atom. The van der Waals surface area contributed by atoms with Gasteiger partial charge in [0.25, 0.3) is 5.91 Å². The van der Waals surface area contributed by atoms with Crippen molar-refractivity contribution in [2.75, 3.05) is 0 Å². The van der Waals surface area contributed by atoms with Gasteiger partial charge in [-0.1, -0.05) is 6.92 Å². The maximum Gasteiger partial charge on any atom is 0.251 e. The van der Waals surface area contributed by atoms with E-state index < -0.39 is 0 Å². The molecule has 0 fully saturated rings. The molecule has 0 aromatic carbocycles. The Morgan fingerprint density at radius 2 is 2.20 bits per heavy atom. The third-order valence-corrected chi connectivity index (χ3v) is 3.41. The number of aromatic amines is 1. The molecule has 106 valence electrons. The smallest absolute Gasteiger partial charge is 0.251 e. The second kappa shape index (κ2) is 5.86. The Labute approximate surface area is 118 Å². The van der Waals surface area contributed by atoms with Crippen LogP contribution in [0.4, 0.5) is 0 Å². The van der Waals surface area contributed by atoms with Crippen LogP contribution >= 0.6 is 0 Å². The van der Waals surface area contributed by atoms with Gasteiger partial charge in [-0.25, -0.2) is 0 Å². The summed E-state index contributed by atoms with van der Waals surface area (Å²) in [6, 6.07) is 3.48. The van der Waals surface area contributed by atoms with Crippen molar-refractivity contribution in [2.45, 2.75) is 40.2 Å². The molecule has 0 radical (unpaired) electrons. The van der Waals surface area contributed by atoms with E-state index in [9.17, 15) is 4.79 Å². The molecule has 2 N–H and O–H groups in total. The van der Waals surface area contributed by atoms with E-state index in [0.717, 1.165) is 29.1 Å². The van der Waals surface area contributed by atoms with E-state index in [0.29, 0.717) is 5.56 Å². The maximum absolute atomic E-state index is 12.3. The fraction of sp³-hybridized carbons (Fsp3) is 0.400. The van der Waals surface area contributed by atoms with E-state index >= 15 is 0 Å². The summed E-state index contributed by atoms with van der Waals surface area (Å²) in [5, 5.41) is 10.1. The van der Waals surface area contributed by atoms with Crippen LogP contribution in [0.2, 0.25) is 0 Å². The predicted octanol–water partition coefficient (Wildman–Crippen LogP) is 2.47. The topological polar surface area (TPSA) is 70.7 Å². The van der Waals surface area contributed by atoms with Crippen molar-refractivity contribution in [3.63, 3.8) is 0 Å². The van der Waals surface area contributed by atoms with Crippen molar-refractivity contribution in [1.82, 2.24) is 20.5 Å². The zero-order valence-corrected chi connectivity index (χ0v) is 12.3. The molecule has 5 nitrogen and oxygen atoms in total. The van der Waals surface area contributed by atoms with E-state index in [-0.39, 0.29) is 11.9 Å². The zero-order chi connectivity index (χ0) is 14.7. The minimum Gasteiger partial charge on any atom is -0.345 e. The lowest BCUT2D eigenvalue weighted by Gasteiger charge is -2.14. The van der Waals surface area contributed by atoms with Gasteiger partial charge in [0.05, 0.1) is 11.7 Å². The highest BCUT2D eigenvalue weighted by atomic mass is 16.1. The molecule has 0 aliphatic rings. The zero-order valence-electron chi connectivity index (χ0n) is 12.3. The molecule has 1 atom stereocenters. The van der Waals surface area contributed by atoms with Crippen molar-refractivity contribution >= 4 is 5.91 Å². The Balaban J connectivity index is 2.15. The first-order valence-corrected chi connectivity index (χ1v) is 6.80. The van der Waals surface area contributed by atoms with Gasteiger partial charge >= 0.3 is 0 Å². The van der Waals surface area contributed by atoms with E-state index in [1.54, 1.807) is 12.3 Å². The Morgan fingerprint density at radius 1 is 1.45 bits per heavy atom. The highest BCUT2D eigenvalue weighted by Crippen LogP contribution is 2.19. The SMILES string of the molecule is CCc1cc(C(=O)N[C@H](C)c2c(C)n[nH]c2C)ccn1. The summed E-state index contributed by atoms with van der Waals surface area (Å²) in [6.45, 7) is 7.87. The lowest BCUT2D eigenvalue weighted by molar-refractivity contribution is 0.0939. The number of carbonyl (C=O) groups excluding carboxylic acids is 1. The molecule has 2 aromatic heterocycles. The lowest BCUT2D eigenvalue weighted by Crippen LogP contribution is -2.27. The molecular formula is C15H20N4O. The van der Waals surface area contributed by atoms with Crippen molar-refractivity contribution in [3.05, 3.63) is 46.5 Å². The van der Waals surface area contributed by atoms with Crippen LogP contribution in [0.3, 0.4) is 0 Å². The molecule has 2 rings (SSSR count). The Bertz CT molecular complexity index is 599. The second-order valence-electron chi connectivity index (χ2n) is 4.93. The lowest BCUT2D eigenvalue weighted by atomic mass is 10.1. The number of aromatic nitrogens is 3. The first-order valence-electron chi connectivity index (χ1n) is 6.80. The average molecular weight is 272 g/mol. The number of pyridine rings is 1. The maximum atomic E-state index is 12.3. The molecule has 0 bridgehead atoms. The van der Waals surface area contributed by atoms with E-state index in [1.807, 2.05) is 33.8 Å². The van der Waals surface area contributed by atoms with Gasteiger partial charge in [-0.15, -0.1) is 0 Å².